The van der Waals surface area contributed by atoms with Gasteiger partial charge in [-0.25, -0.2) is 4.39 Å². The molecule has 0 aliphatic heterocycles. The fraction of sp³-hybridized carbons (Fsp3) is 0.400. The maximum atomic E-state index is 13.5. The minimum absolute atomic E-state index is 0.262. The molecular weight excluding hydrogens is 267 g/mol. The number of halogens is 2. The molecule has 1 fully saturated rings. The summed E-state index contributed by atoms with van der Waals surface area (Å²) in [6.07, 6.45) is 3.30. The molecule has 1 aliphatic rings. The first kappa shape index (κ1) is 10.5. The normalized spacial score (nSPS) is 18.3. The molecular formula is C10H10BrFOS. The summed E-state index contributed by atoms with van der Waals surface area (Å²) in [5.74, 6) is -0.262. The maximum Gasteiger partial charge on any atom is 0.138 e. The van der Waals surface area contributed by atoms with Crippen LogP contribution in [0.2, 0.25) is 0 Å². The Morgan fingerprint density at radius 3 is 2.57 bits per heavy atom. The minimum Gasteiger partial charge on any atom is -0.385 e. The lowest BCUT2D eigenvalue weighted by molar-refractivity contribution is 0.151. The van der Waals surface area contributed by atoms with Crippen molar-refractivity contribution < 1.29 is 9.50 Å². The number of thioether (sulfide) groups is 1. The van der Waals surface area contributed by atoms with Crippen LogP contribution >= 0.6 is 27.7 Å². The molecule has 76 valence electrons. The van der Waals surface area contributed by atoms with E-state index in [4.69, 9.17) is 0 Å². The van der Waals surface area contributed by atoms with Gasteiger partial charge in [-0.2, -0.15) is 0 Å². The molecule has 1 aromatic carbocycles. The molecule has 1 aliphatic carbocycles. The molecule has 0 saturated heterocycles. The second-order valence-electron chi connectivity index (χ2n) is 3.50. The van der Waals surface area contributed by atoms with Crippen molar-refractivity contribution >= 4 is 27.7 Å². The second kappa shape index (κ2) is 3.51. The highest BCUT2D eigenvalue weighted by Gasteiger charge is 2.42. The first-order valence-corrected chi connectivity index (χ1v) is 6.34. The number of hydrogen-bond acceptors (Lipinski definition) is 2. The summed E-state index contributed by atoms with van der Waals surface area (Å²) in [6, 6.07) is 3.24. The van der Waals surface area contributed by atoms with Crippen LogP contribution in [0.3, 0.4) is 0 Å². The molecule has 0 unspecified atom stereocenters. The van der Waals surface area contributed by atoms with Crippen molar-refractivity contribution in [2.45, 2.75) is 23.3 Å². The molecule has 1 saturated carbocycles. The summed E-state index contributed by atoms with van der Waals surface area (Å²) in [5.41, 5.74) is -0.0833. The predicted molar refractivity (Wildman–Crippen MR) is 59.0 cm³/mol. The van der Waals surface area contributed by atoms with Crippen LogP contribution < -0.4 is 0 Å². The predicted octanol–water partition coefficient (Wildman–Crippen LogP) is 3.29. The van der Waals surface area contributed by atoms with E-state index in [9.17, 15) is 9.50 Å². The fourth-order valence-electron chi connectivity index (χ4n) is 1.43. The average molecular weight is 277 g/mol. The van der Waals surface area contributed by atoms with Crippen molar-refractivity contribution in [1.82, 2.24) is 0 Å². The van der Waals surface area contributed by atoms with Crippen molar-refractivity contribution in [1.29, 1.82) is 0 Å². The highest BCUT2D eigenvalue weighted by molar-refractivity contribution is 9.10. The summed E-state index contributed by atoms with van der Waals surface area (Å²) in [6.45, 7) is 0. The molecule has 14 heavy (non-hydrogen) atoms. The van der Waals surface area contributed by atoms with E-state index in [1.54, 1.807) is 0 Å². The van der Waals surface area contributed by atoms with Gasteiger partial charge in [0.25, 0.3) is 0 Å². The van der Waals surface area contributed by atoms with Crippen LogP contribution in [0, 0.1) is 5.82 Å². The van der Waals surface area contributed by atoms with Crippen LogP contribution in [-0.4, -0.2) is 11.4 Å². The van der Waals surface area contributed by atoms with Gasteiger partial charge in [0.1, 0.15) is 5.82 Å². The molecule has 1 nitrogen and oxygen atoms in total. The van der Waals surface area contributed by atoms with Crippen molar-refractivity contribution in [2.75, 3.05) is 6.26 Å². The first-order chi connectivity index (χ1) is 6.57. The smallest absolute Gasteiger partial charge is 0.138 e. The van der Waals surface area contributed by atoms with E-state index >= 15 is 0 Å². The SMILES string of the molecule is CSc1c(F)cc(C2(O)CC2)cc1Br. The Kier molecular flexibility index (Phi) is 2.62. The Morgan fingerprint density at radius 1 is 1.50 bits per heavy atom. The van der Waals surface area contributed by atoms with Crippen molar-refractivity contribution in [3.05, 3.63) is 28.0 Å². The third kappa shape index (κ3) is 1.71. The lowest BCUT2D eigenvalue weighted by Gasteiger charge is -2.11. The molecule has 0 atom stereocenters. The van der Waals surface area contributed by atoms with Crippen molar-refractivity contribution in [3.63, 3.8) is 0 Å². The van der Waals surface area contributed by atoms with Crippen LogP contribution in [0.15, 0.2) is 21.5 Å². The highest BCUT2D eigenvalue weighted by Crippen LogP contribution is 2.47. The van der Waals surface area contributed by atoms with Crippen LogP contribution in [-0.2, 0) is 5.60 Å². The van der Waals surface area contributed by atoms with Gasteiger partial charge < -0.3 is 5.11 Å². The van der Waals surface area contributed by atoms with E-state index in [2.05, 4.69) is 15.9 Å². The van der Waals surface area contributed by atoms with Crippen LogP contribution in [0.5, 0.6) is 0 Å². The van der Waals surface area contributed by atoms with Gasteiger partial charge >= 0.3 is 0 Å². The van der Waals surface area contributed by atoms with Gasteiger partial charge in [0, 0.05) is 4.47 Å². The molecule has 0 radical (unpaired) electrons. The van der Waals surface area contributed by atoms with Gasteiger partial charge in [-0.05, 0) is 52.7 Å². The third-order valence-corrected chi connectivity index (χ3v) is 4.17. The molecule has 1 N–H and O–H groups in total. The minimum atomic E-state index is -0.764. The maximum absolute atomic E-state index is 13.5. The zero-order valence-corrected chi connectivity index (χ0v) is 10.1. The van der Waals surface area contributed by atoms with Gasteiger partial charge in [0.15, 0.2) is 0 Å². The van der Waals surface area contributed by atoms with Gasteiger partial charge in [-0.3, -0.25) is 0 Å². The van der Waals surface area contributed by atoms with Gasteiger partial charge in [-0.1, -0.05) is 0 Å². The van der Waals surface area contributed by atoms with Crippen molar-refractivity contribution in [3.8, 4) is 0 Å². The molecule has 4 heteroatoms. The van der Waals surface area contributed by atoms with Crippen LogP contribution in [0.1, 0.15) is 18.4 Å². The Hall–Kier alpha value is -0.0600. The molecule has 0 heterocycles. The van der Waals surface area contributed by atoms with Crippen molar-refractivity contribution in [2.24, 2.45) is 0 Å². The molecule has 0 bridgehead atoms. The highest BCUT2D eigenvalue weighted by atomic mass is 79.9. The summed E-state index contributed by atoms with van der Waals surface area (Å²) in [4.78, 5) is 0.595. The molecule has 0 aromatic heterocycles. The zero-order chi connectivity index (χ0) is 10.3. The lowest BCUT2D eigenvalue weighted by Crippen LogP contribution is -2.05. The Bertz CT molecular complexity index is 353. The van der Waals surface area contributed by atoms with E-state index in [1.807, 2.05) is 12.3 Å². The number of hydrogen-bond donors (Lipinski definition) is 1. The number of benzene rings is 1. The van der Waals surface area contributed by atoms with Crippen LogP contribution in [0.4, 0.5) is 4.39 Å². The third-order valence-electron chi connectivity index (χ3n) is 2.46. The quantitative estimate of drug-likeness (QED) is 0.837. The molecule has 0 spiro atoms. The van der Waals surface area contributed by atoms with E-state index in [1.165, 1.54) is 17.8 Å². The van der Waals surface area contributed by atoms with E-state index in [-0.39, 0.29) is 5.82 Å². The van der Waals surface area contributed by atoms with Gasteiger partial charge in [0.05, 0.1) is 10.5 Å². The van der Waals surface area contributed by atoms with E-state index in [0.29, 0.717) is 10.5 Å². The lowest BCUT2D eigenvalue weighted by atomic mass is 10.1. The van der Waals surface area contributed by atoms with E-state index < -0.39 is 5.60 Å². The second-order valence-corrected chi connectivity index (χ2v) is 5.18. The first-order valence-electron chi connectivity index (χ1n) is 4.33. The topological polar surface area (TPSA) is 20.2 Å². The van der Waals surface area contributed by atoms with Crippen LogP contribution in [0.25, 0.3) is 0 Å². The molecule has 2 rings (SSSR count). The number of rotatable bonds is 2. The van der Waals surface area contributed by atoms with E-state index in [0.717, 1.165) is 17.3 Å². The largest absolute Gasteiger partial charge is 0.385 e. The summed E-state index contributed by atoms with van der Waals surface area (Å²) in [7, 11) is 0. The average Bonchev–Trinajstić information content (AvgIpc) is 2.84. The molecule has 0 amide bonds. The Morgan fingerprint density at radius 2 is 2.14 bits per heavy atom. The zero-order valence-electron chi connectivity index (χ0n) is 7.68. The van der Waals surface area contributed by atoms with Gasteiger partial charge in [-0.15, -0.1) is 11.8 Å². The summed E-state index contributed by atoms with van der Waals surface area (Å²) >= 11 is 4.66. The fourth-order valence-corrected chi connectivity index (χ4v) is 2.86. The monoisotopic (exact) mass is 276 g/mol. The Balaban J connectivity index is 2.47. The standard InChI is InChI=1S/C10H10BrFOS/c1-14-9-7(11)4-6(5-8(9)12)10(13)2-3-10/h4-5,13H,2-3H2,1H3. The number of aliphatic hydroxyl groups is 1. The van der Waals surface area contributed by atoms with Gasteiger partial charge in [0.2, 0.25) is 0 Å². The molecule has 1 aromatic rings. The summed E-state index contributed by atoms with van der Waals surface area (Å²) in [5, 5.41) is 9.82. The Labute approximate surface area is 94.8 Å². The summed E-state index contributed by atoms with van der Waals surface area (Å²) < 4.78 is 14.2.